The van der Waals surface area contributed by atoms with Gasteiger partial charge in [-0.1, -0.05) is 6.92 Å². The number of rotatable bonds is 2. The molecule has 0 aromatic carbocycles. The van der Waals surface area contributed by atoms with Crippen molar-refractivity contribution in [3.05, 3.63) is 17.5 Å². The van der Waals surface area contributed by atoms with Gasteiger partial charge < -0.3 is 10.6 Å². The number of aryl methyl sites for hydroxylation is 2. The third kappa shape index (κ3) is 2.73. The van der Waals surface area contributed by atoms with Crippen molar-refractivity contribution in [1.29, 1.82) is 0 Å². The summed E-state index contributed by atoms with van der Waals surface area (Å²) in [5, 5.41) is 15.5. The van der Waals surface area contributed by atoms with Gasteiger partial charge in [0.25, 0.3) is 0 Å². The fraction of sp³-hybridized carbons (Fsp3) is 0.571. The Kier molecular flexibility index (Phi) is 3.59. The maximum Gasteiger partial charge on any atom is 0.245 e. The first-order valence-corrected chi connectivity index (χ1v) is 7.29. The first-order chi connectivity index (χ1) is 10.0. The predicted molar refractivity (Wildman–Crippen MR) is 80.9 cm³/mol. The van der Waals surface area contributed by atoms with Crippen LogP contribution in [0, 0.1) is 19.8 Å². The van der Waals surface area contributed by atoms with Crippen LogP contribution >= 0.6 is 0 Å². The first kappa shape index (κ1) is 13.9. The number of nitrogens with two attached hydrogens (primary N) is 1. The Morgan fingerprint density at radius 2 is 2.14 bits per heavy atom. The lowest BCUT2D eigenvalue weighted by Gasteiger charge is -2.34. The van der Waals surface area contributed by atoms with E-state index in [0.717, 1.165) is 42.3 Å². The predicted octanol–water partition coefficient (Wildman–Crippen LogP) is 1.05. The third-order valence-corrected chi connectivity index (χ3v) is 4.13. The monoisotopic (exact) mass is 287 g/mol. The maximum atomic E-state index is 6.14. The van der Waals surface area contributed by atoms with Crippen LogP contribution in [0.1, 0.15) is 24.7 Å². The summed E-state index contributed by atoms with van der Waals surface area (Å²) in [6.45, 7) is 7.77. The van der Waals surface area contributed by atoms with E-state index in [9.17, 15) is 0 Å². The van der Waals surface area contributed by atoms with E-state index in [1.807, 2.05) is 19.9 Å². The van der Waals surface area contributed by atoms with Crippen LogP contribution in [-0.2, 0) is 0 Å². The van der Waals surface area contributed by atoms with E-state index >= 15 is 0 Å². The van der Waals surface area contributed by atoms with Crippen molar-refractivity contribution < 1.29 is 0 Å². The number of hydrogen-bond acceptors (Lipinski definition) is 6. The average molecular weight is 287 g/mol. The molecule has 0 radical (unpaired) electrons. The highest BCUT2D eigenvalue weighted by Gasteiger charge is 2.25. The van der Waals surface area contributed by atoms with Crippen molar-refractivity contribution in [3.8, 4) is 11.4 Å². The SMILES string of the molecule is Cc1cc(-c2nc(N3CCC(C)C(N)C3)n[nH]2)c(C)nn1. The summed E-state index contributed by atoms with van der Waals surface area (Å²) in [6, 6.07) is 2.14. The number of anilines is 1. The lowest BCUT2D eigenvalue weighted by molar-refractivity contribution is 0.376. The van der Waals surface area contributed by atoms with Crippen LogP contribution < -0.4 is 10.6 Å². The zero-order valence-corrected chi connectivity index (χ0v) is 12.7. The average Bonchev–Trinajstić information content (AvgIpc) is 2.94. The van der Waals surface area contributed by atoms with Crippen LogP contribution in [0.25, 0.3) is 11.4 Å². The largest absolute Gasteiger partial charge is 0.338 e. The molecule has 1 aliphatic rings. The number of aromatic amines is 1. The van der Waals surface area contributed by atoms with Crippen molar-refractivity contribution in [3.63, 3.8) is 0 Å². The Bertz CT molecular complexity index is 636. The highest BCUT2D eigenvalue weighted by molar-refractivity contribution is 5.59. The summed E-state index contributed by atoms with van der Waals surface area (Å²) in [5.41, 5.74) is 8.79. The second kappa shape index (κ2) is 5.40. The van der Waals surface area contributed by atoms with Crippen molar-refractivity contribution in [2.45, 2.75) is 33.2 Å². The highest BCUT2D eigenvalue weighted by Crippen LogP contribution is 2.23. The minimum Gasteiger partial charge on any atom is -0.338 e. The van der Waals surface area contributed by atoms with Gasteiger partial charge in [-0.05, 0) is 32.3 Å². The molecule has 21 heavy (non-hydrogen) atoms. The standard InChI is InChI=1S/C14H21N7/c1-8-4-5-21(7-12(8)15)14-16-13(19-20-14)11-6-9(2)17-18-10(11)3/h6,8,12H,4-5,7,15H2,1-3H3,(H,16,19,20). The number of nitrogens with one attached hydrogen (secondary N) is 1. The van der Waals surface area contributed by atoms with Crippen LogP contribution in [0.5, 0.6) is 0 Å². The van der Waals surface area contributed by atoms with Crippen LogP contribution in [0.4, 0.5) is 5.95 Å². The molecular weight excluding hydrogens is 266 g/mol. The zero-order valence-electron chi connectivity index (χ0n) is 12.7. The number of aromatic nitrogens is 5. The summed E-state index contributed by atoms with van der Waals surface area (Å²) in [7, 11) is 0. The molecule has 1 saturated heterocycles. The molecule has 2 unspecified atom stereocenters. The smallest absolute Gasteiger partial charge is 0.245 e. The van der Waals surface area contributed by atoms with Gasteiger partial charge in [0.15, 0.2) is 5.82 Å². The third-order valence-electron chi connectivity index (χ3n) is 4.13. The van der Waals surface area contributed by atoms with Crippen LogP contribution in [0.3, 0.4) is 0 Å². The molecule has 7 nitrogen and oxygen atoms in total. The Morgan fingerprint density at radius 3 is 2.90 bits per heavy atom. The second-order valence-electron chi connectivity index (χ2n) is 5.84. The van der Waals surface area contributed by atoms with Gasteiger partial charge >= 0.3 is 0 Å². The van der Waals surface area contributed by atoms with Gasteiger partial charge in [-0.15, -0.1) is 5.10 Å². The van der Waals surface area contributed by atoms with E-state index < -0.39 is 0 Å². The summed E-state index contributed by atoms with van der Waals surface area (Å²) < 4.78 is 0. The topological polar surface area (TPSA) is 96.6 Å². The van der Waals surface area contributed by atoms with Gasteiger partial charge in [0, 0.05) is 24.7 Å². The minimum absolute atomic E-state index is 0.173. The first-order valence-electron chi connectivity index (χ1n) is 7.29. The molecule has 2 atom stereocenters. The minimum atomic E-state index is 0.173. The lowest BCUT2D eigenvalue weighted by atomic mass is 9.95. The normalized spacial score (nSPS) is 22.6. The number of H-pyrrole nitrogens is 1. The molecular formula is C14H21N7. The van der Waals surface area contributed by atoms with Crippen molar-refractivity contribution >= 4 is 5.95 Å². The highest BCUT2D eigenvalue weighted by atomic mass is 15.4. The number of nitrogens with zero attached hydrogens (tertiary/aromatic N) is 5. The number of hydrogen-bond donors (Lipinski definition) is 2. The molecule has 112 valence electrons. The van der Waals surface area contributed by atoms with E-state index in [1.54, 1.807) is 0 Å². The van der Waals surface area contributed by atoms with Gasteiger partial charge in [0.05, 0.1) is 11.4 Å². The van der Waals surface area contributed by atoms with Crippen LogP contribution in [-0.4, -0.2) is 44.5 Å². The van der Waals surface area contributed by atoms with E-state index in [2.05, 4.69) is 37.2 Å². The Labute approximate surface area is 124 Å². The molecule has 0 bridgehead atoms. The molecule has 2 aromatic heterocycles. The second-order valence-corrected chi connectivity index (χ2v) is 5.84. The van der Waals surface area contributed by atoms with E-state index in [0.29, 0.717) is 11.9 Å². The fourth-order valence-electron chi connectivity index (χ4n) is 2.59. The Balaban J connectivity index is 1.85. The number of piperidine rings is 1. The molecule has 3 heterocycles. The molecule has 0 aliphatic carbocycles. The van der Waals surface area contributed by atoms with Crippen molar-refractivity contribution in [1.82, 2.24) is 25.4 Å². The van der Waals surface area contributed by atoms with Crippen LogP contribution in [0.2, 0.25) is 0 Å². The van der Waals surface area contributed by atoms with Gasteiger partial charge in [0.2, 0.25) is 5.95 Å². The lowest BCUT2D eigenvalue weighted by Crippen LogP contribution is -2.48. The molecule has 2 aromatic rings. The van der Waals surface area contributed by atoms with Crippen molar-refractivity contribution in [2.24, 2.45) is 11.7 Å². The summed E-state index contributed by atoms with van der Waals surface area (Å²) >= 11 is 0. The molecule has 3 rings (SSSR count). The maximum absolute atomic E-state index is 6.14. The Hall–Kier alpha value is -2.02. The molecule has 3 N–H and O–H groups in total. The van der Waals surface area contributed by atoms with Crippen molar-refractivity contribution in [2.75, 3.05) is 18.0 Å². The molecule has 7 heteroatoms. The van der Waals surface area contributed by atoms with Crippen LogP contribution in [0.15, 0.2) is 6.07 Å². The van der Waals surface area contributed by atoms with E-state index in [-0.39, 0.29) is 6.04 Å². The van der Waals surface area contributed by atoms with Gasteiger partial charge in [0.1, 0.15) is 0 Å². The van der Waals surface area contributed by atoms with Gasteiger partial charge in [-0.2, -0.15) is 15.2 Å². The van der Waals surface area contributed by atoms with E-state index in [1.165, 1.54) is 0 Å². The summed E-state index contributed by atoms with van der Waals surface area (Å²) in [6.07, 6.45) is 1.07. The quantitative estimate of drug-likeness (QED) is 0.857. The van der Waals surface area contributed by atoms with Gasteiger partial charge in [-0.25, -0.2) is 0 Å². The molecule has 0 spiro atoms. The molecule has 0 amide bonds. The zero-order chi connectivity index (χ0) is 15.0. The molecule has 0 saturated carbocycles. The fourth-order valence-corrected chi connectivity index (χ4v) is 2.59. The van der Waals surface area contributed by atoms with E-state index in [4.69, 9.17) is 5.73 Å². The van der Waals surface area contributed by atoms with Gasteiger partial charge in [-0.3, -0.25) is 5.10 Å². The molecule has 1 aliphatic heterocycles. The summed E-state index contributed by atoms with van der Waals surface area (Å²) in [5.74, 6) is 1.99. The molecule has 1 fully saturated rings. The summed E-state index contributed by atoms with van der Waals surface area (Å²) in [4.78, 5) is 6.74. The Morgan fingerprint density at radius 1 is 1.33 bits per heavy atom.